The normalized spacial score (nSPS) is 10.6. The highest BCUT2D eigenvalue weighted by Gasteiger charge is 2.17. The van der Waals surface area contributed by atoms with Crippen molar-refractivity contribution in [2.75, 3.05) is 21.3 Å². The highest BCUT2D eigenvalue weighted by molar-refractivity contribution is 9.10. The molecule has 4 heteroatoms. The molecular formula is C15H17BrO3. The third-order valence-corrected chi connectivity index (χ3v) is 4.30. The van der Waals surface area contributed by atoms with Gasteiger partial charge in [0.1, 0.15) is 5.75 Å². The van der Waals surface area contributed by atoms with E-state index in [0.29, 0.717) is 5.75 Å². The van der Waals surface area contributed by atoms with Crippen molar-refractivity contribution >= 4 is 26.7 Å². The van der Waals surface area contributed by atoms with E-state index in [2.05, 4.69) is 22.0 Å². The maximum atomic E-state index is 5.52. The summed E-state index contributed by atoms with van der Waals surface area (Å²) in [6.45, 7) is 4.07. The lowest BCUT2D eigenvalue weighted by Gasteiger charge is -2.17. The van der Waals surface area contributed by atoms with E-state index in [4.69, 9.17) is 14.2 Å². The van der Waals surface area contributed by atoms with E-state index in [-0.39, 0.29) is 0 Å². The fourth-order valence-electron chi connectivity index (χ4n) is 2.34. The van der Waals surface area contributed by atoms with Gasteiger partial charge in [-0.3, -0.25) is 0 Å². The van der Waals surface area contributed by atoms with E-state index in [9.17, 15) is 0 Å². The lowest BCUT2D eigenvalue weighted by Crippen LogP contribution is -1.97. The van der Waals surface area contributed by atoms with Crippen LogP contribution in [0.3, 0.4) is 0 Å². The largest absolute Gasteiger partial charge is 0.495 e. The Hall–Kier alpha value is -1.42. The number of ether oxygens (including phenoxy) is 3. The number of benzene rings is 2. The van der Waals surface area contributed by atoms with Crippen molar-refractivity contribution < 1.29 is 14.2 Å². The lowest BCUT2D eigenvalue weighted by atomic mass is 10.0. The first-order chi connectivity index (χ1) is 9.04. The van der Waals surface area contributed by atoms with Crippen molar-refractivity contribution in [1.82, 2.24) is 0 Å². The molecule has 19 heavy (non-hydrogen) atoms. The average Bonchev–Trinajstić information content (AvgIpc) is 2.41. The van der Waals surface area contributed by atoms with Crippen LogP contribution in [0.2, 0.25) is 0 Å². The summed E-state index contributed by atoms with van der Waals surface area (Å²) in [6.07, 6.45) is 0. The van der Waals surface area contributed by atoms with E-state index in [0.717, 1.165) is 37.9 Å². The molecule has 0 fully saturated rings. The minimum absolute atomic E-state index is 0.710. The first-order valence-electron chi connectivity index (χ1n) is 5.93. The van der Waals surface area contributed by atoms with Crippen LogP contribution < -0.4 is 14.2 Å². The fourth-order valence-corrected chi connectivity index (χ4v) is 2.83. The maximum absolute atomic E-state index is 5.52. The van der Waals surface area contributed by atoms with Crippen molar-refractivity contribution in [3.05, 3.63) is 27.7 Å². The summed E-state index contributed by atoms with van der Waals surface area (Å²) in [5.41, 5.74) is 2.17. The number of halogens is 1. The van der Waals surface area contributed by atoms with Crippen LogP contribution in [0.25, 0.3) is 10.8 Å². The molecule has 0 atom stereocenters. The molecule has 0 radical (unpaired) electrons. The van der Waals surface area contributed by atoms with Crippen LogP contribution in [0, 0.1) is 13.8 Å². The average molecular weight is 325 g/mol. The number of fused-ring (bicyclic) bond motifs is 1. The van der Waals surface area contributed by atoms with Crippen molar-refractivity contribution in [2.45, 2.75) is 13.8 Å². The number of aryl methyl sites for hydroxylation is 2. The molecule has 102 valence electrons. The second-order valence-electron chi connectivity index (χ2n) is 4.37. The summed E-state index contributed by atoms with van der Waals surface area (Å²) in [4.78, 5) is 0. The van der Waals surface area contributed by atoms with E-state index >= 15 is 0 Å². The standard InChI is InChI=1S/C15H17BrO3/c1-8-6-10-9(2)14(18-4)12(17-3)7-11(10)15(19-5)13(8)16/h6-7H,1-5H3. The molecule has 0 saturated heterocycles. The number of hydrogen-bond acceptors (Lipinski definition) is 3. The van der Waals surface area contributed by atoms with E-state index in [1.54, 1.807) is 21.3 Å². The second kappa shape index (κ2) is 5.29. The minimum Gasteiger partial charge on any atom is -0.495 e. The smallest absolute Gasteiger partial charge is 0.164 e. The zero-order valence-electron chi connectivity index (χ0n) is 11.8. The van der Waals surface area contributed by atoms with Gasteiger partial charge >= 0.3 is 0 Å². The van der Waals surface area contributed by atoms with Crippen LogP contribution in [0.15, 0.2) is 16.6 Å². The Kier molecular flexibility index (Phi) is 3.90. The zero-order valence-corrected chi connectivity index (χ0v) is 13.3. The molecule has 0 bridgehead atoms. The van der Waals surface area contributed by atoms with Crippen molar-refractivity contribution in [2.24, 2.45) is 0 Å². The van der Waals surface area contributed by atoms with Crippen LogP contribution in [-0.4, -0.2) is 21.3 Å². The predicted octanol–water partition coefficient (Wildman–Crippen LogP) is 4.24. The van der Waals surface area contributed by atoms with Crippen LogP contribution in [0.1, 0.15) is 11.1 Å². The molecule has 0 aromatic heterocycles. The van der Waals surface area contributed by atoms with Crippen LogP contribution >= 0.6 is 15.9 Å². The quantitative estimate of drug-likeness (QED) is 0.844. The number of rotatable bonds is 3. The molecule has 0 aliphatic heterocycles. The Bertz CT molecular complexity index is 635. The molecule has 2 aromatic carbocycles. The highest BCUT2D eigenvalue weighted by Crippen LogP contribution is 2.44. The summed E-state index contributed by atoms with van der Waals surface area (Å²) in [6, 6.07) is 4.07. The molecule has 0 amide bonds. The predicted molar refractivity (Wildman–Crippen MR) is 80.8 cm³/mol. The molecule has 0 heterocycles. The summed E-state index contributed by atoms with van der Waals surface area (Å²) >= 11 is 3.57. The van der Waals surface area contributed by atoms with Crippen molar-refractivity contribution in [3.63, 3.8) is 0 Å². The summed E-state index contributed by atoms with van der Waals surface area (Å²) < 4.78 is 17.3. The second-order valence-corrected chi connectivity index (χ2v) is 5.17. The van der Waals surface area contributed by atoms with Crippen LogP contribution in [0.4, 0.5) is 0 Å². The van der Waals surface area contributed by atoms with Gasteiger partial charge in [-0.25, -0.2) is 0 Å². The third-order valence-electron chi connectivity index (χ3n) is 3.31. The van der Waals surface area contributed by atoms with E-state index < -0.39 is 0 Å². The summed E-state index contributed by atoms with van der Waals surface area (Å²) in [7, 11) is 4.96. The number of methoxy groups -OCH3 is 3. The first-order valence-corrected chi connectivity index (χ1v) is 6.72. The molecule has 2 rings (SSSR count). The first kappa shape index (κ1) is 14.0. The maximum Gasteiger partial charge on any atom is 0.164 e. The lowest BCUT2D eigenvalue weighted by molar-refractivity contribution is 0.353. The molecule has 0 spiro atoms. The van der Waals surface area contributed by atoms with Gasteiger partial charge in [0.15, 0.2) is 11.5 Å². The molecular weight excluding hydrogens is 308 g/mol. The van der Waals surface area contributed by atoms with Gasteiger partial charge in [-0.05, 0) is 52.9 Å². The monoisotopic (exact) mass is 324 g/mol. The Morgan fingerprint density at radius 3 is 2.00 bits per heavy atom. The van der Waals surface area contributed by atoms with Crippen molar-refractivity contribution in [1.29, 1.82) is 0 Å². The van der Waals surface area contributed by atoms with Gasteiger partial charge in [-0.15, -0.1) is 0 Å². The molecule has 3 nitrogen and oxygen atoms in total. The molecule has 0 unspecified atom stereocenters. The minimum atomic E-state index is 0.710. The Labute approximate surface area is 121 Å². The van der Waals surface area contributed by atoms with Crippen molar-refractivity contribution in [3.8, 4) is 17.2 Å². The molecule has 2 aromatic rings. The molecule has 0 saturated carbocycles. The van der Waals surface area contributed by atoms with Crippen LogP contribution in [-0.2, 0) is 0 Å². The Balaban J connectivity index is 2.95. The Morgan fingerprint density at radius 2 is 1.47 bits per heavy atom. The molecule has 0 aliphatic rings. The highest BCUT2D eigenvalue weighted by atomic mass is 79.9. The van der Waals surface area contributed by atoms with Gasteiger partial charge in [-0.2, -0.15) is 0 Å². The van der Waals surface area contributed by atoms with Gasteiger partial charge in [-0.1, -0.05) is 0 Å². The Morgan fingerprint density at radius 1 is 0.842 bits per heavy atom. The zero-order chi connectivity index (χ0) is 14.2. The fraction of sp³-hybridized carbons (Fsp3) is 0.333. The summed E-state index contributed by atoms with van der Waals surface area (Å²) in [5, 5.41) is 2.12. The van der Waals surface area contributed by atoms with Gasteiger partial charge < -0.3 is 14.2 Å². The topological polar surface area (TPSA) is 27.7 Å². The van der Waals surface area contributed by atoms with E-state index in [1.807, 2.05) is 19.9 Å². The van der Waals surface area contributed by atoms with Gasteiger partial charge in [0.05, 0.1) is 25.8 Å². The van der Waals surface area contributed by atoms with Gasteiger partial charge in [0.2, 0.25) is 0 Å². The van der Waals surface area contributed by atoms with Gasteiger partial charge in [0, 0.05) is 10.9 Å². The SMILES string of the molecule is COc1cc2c(OC)c(Br)c(C)cc2c(C)c1OC. The van der Waals surface area contributed by atoms with Gasteiger partial charge in [0.25, 0.3) is 0 Å². The third kappa shape index (κ3) is 2.14. The molecule has 0 N–H and O–H groups in total. The number of hydrogen-bond donors (Lipinski definition) is 0. The summed E-state index contributed by atoms with van der Waals surface area (Å²) in [5.74, 6) is 2.29. The van der Waals surface area contributed by atoms with Crippen LogP contribution in [0.5, 0.6) is 17.2 Å². The molecule has 0 aliphatic carbocycles. The van der Waals surface area contributed by atoms with E-state index in [1.165, 1.54) is 0 Å².